The molecule has 0 saturated carbocycles. The Bertz CT molecular complexity index is 694. The highest BCUT2D eigenvalue weighted by Crippen LogP contribution is 2.29. The topological polar surface area (TPSA) is 65.4 Å². The van der Waals surface area contributed by atoms with Crippen LogP contribution in [0.1, 0.15) is 5.56 Å². The van der Waals surface area contributed by atoms with Gasteiger partial charge in [-0.2, -0.15) is 8.78 Å². The Morgan fingerprint density at radius 1 is 1.42 bits per heavy atom. The molecule has 130 valence electrons. The Hall–Kier alpha value is -2.29. The van der Waals surface area contributed by atoms with Crippen molar-refractivity contribution in [3.63, 3.8) is 0 Å². The summed E-state index contributed by atoms with van der Waals surface area (Å²) in [6, 6.07) is 4.52. The number of benzene rings is 1. The van der Waals surface area contributed by atoms with Crippen LogP contribution in [0.15, 0.2) is 35.7 Å². The van der Waals surface area contributed by atoms with E-state index in [1.807, 2.05) is 11.6 Å². The molecule has 0 fully saturated rings. The number of methoxy groups -OCH3 is 1. The Morgan fingerprint density at radius 3 is 2.83 bits per heavy atom. The monoisotopic (exact) mass is 357 g/mol. The minimum absolute atomic E-state index is 0.0482. The maximum Gasteiger partial charge on any atom is 0.387 e. The highest BCUT2D eigenvalue weighted by molar-refractivity contribution is 7.99. The van der Waals surface area contributed by atoms with Crippen LogP contribution in [0.5, 0.6) is 11.5 Å². The quantitative estimate of drug-likeness (QED) is 0.735. The van der Waals surface area contributed by atoms with E-state index in [9.17, 15) is 13.6 Å². The summed E-state index contributed by atoms with van der Waals surface area (Å²) < 4.78 is 35.7. The molecule has 1 amide bonds. The molecule has 2 aromatic rings. The summed E-state index contributed by atoms with van der Waals surface area (Å²) in [5.41, 5.74) is 0.712. The zero-order valence-corrected chi connectivity index (χ0v) is 14.0. The third-order valence-electron chi connectivity index (χ3n) is 3.04. The lowest BCUT2D eigenvalue weighted by Gasteiger charge is -2.12. The maximum absolute atomic E-state index is 12.3. The van der Waals surface area contributed by atoms with E-state index in [-0.39, 0.29) is 29.7 Å². The van der Waals surface area contributed by atoms with Gasteiger partial charge in [0, 0.05) is 26.0 Å². The van der Waals surface area contributed by atoms with Gasteiger partial charge in [-0.15, -0.1) is 0 Å². The van der Waals surface area contributed by atoms with Gasteiger partial charge in [-0.05, 0) is 17.7 Å². The third-order valence-corrected chi connectivity index (χ3v) is 4.10. The molecule has 1 heterocycles. The zero-order chi connectivity index (χ0) is 17.5. The number of hydrogen-bond donors (Lipinski definition) is 1. The number of alkyl halides is 2. The van der Waals surface area contributed by atoms with E-state index in [2.05, 4.69) is 15.0 Å². The maximum atomic E-state index is 12.3. The average Bonchev–Trinajstić information content (AvgIpc) is 2.96. The number of carbonyl (C=O) groups excluding carboxylic acids is 1. The van der Waals surface area contributed by atoms with Gasteiger partial charge in [0.15, 0.2) is 16.7 Å². The first-order chi connectivity index (χ1) is 11.5. The van der Waals surface area contributed by atoms with E-state index >= 15 is 0 Å². The molecule has 24 heavy (non-hydrogen) atoms. The summed E-state index contributed by atoms with van der Waals surface area (Å²) in [7, 11) is 3.21. The first-order valence-corrected chi connectivity index (χ1v) is 7.96. The largest absolute Gasteiger partial charge is 0.493 e. The molecule has 0 aliphatic heterocycles. The lowest BCUT2D eigenvalue weighted by Crippen LogP contribution is -2.24. The number of nitrogens with zero attached hydrogens (tertiary/aromatic N) is 2. The Kier molecular flexibility index (Phi) is 6.42. The van der Waals surface area contributed by atoms with Gasteiger partial charge < -0.3 is 19.4 Å². The second kappa shape index (κ2) is 8.53. The molecule has 2 rings (SSSR count). The minimum atomic E-state index is -2.92. The van der Waals surface area contributed by atoms with Gasteiger partial charge in [0.05, 0.1) is 12.9 Å². The number of halogens is 2. The van der Waals surface area contributed by atoms with Crippen molar-refractivity contribution >= 4 is 17.7 Å². The van der Waals surface area contributed by atoms with E-state index < -0.39 is 6.61 Å². The molecular weight excluding hydrogens is 340 g/mol. The van der Waals surface area contributed by atoms with Gasteiger partial charge in [-0.3, -0.25) is 4.79 Å². The fraction of sp³-hybridized carbons (Fsp3) is 0.333. The van der Waals surface area contributed by atoms with Crippen molar-refractivity contribution in [3.05, 3.63) is 36.2 Å². The van der Waals surface area contributed by atoms with Crippen LogP contribution < -0.4 is 14.8 Å². The van der Waals surface area contributed by atoms with Gasteiger partial charge in [0.2, 0.25) is 5.91 Å². The van der Waals surface area contributed by atoms with Gasteiger partial charge in [0.1, 0.15) is 0 Å². The molecule has 9 heteroatoms. The number of thioether (sulfide) groups is 1. The molecule has 0 aliphatic rings. The number of imidazole rings is 1. The van der Waals surface area contributed by atoms with Crippen LogP contribution in [0, 0.1) is 0 Å². The van der Waals surface area contributed by atoms with Crippen LogP contribution in [0.25, 0.3) is 0 Å². The van der Waals surface area contributed by atoms with Gasteiger partial charge in [0.25, 0.3) is 0 Å². The van der Waals surface area contributed by atoms with Crippen molar-refractivity contribution in [3.8, 4) is 11.5 Å². The number of nitrogens with one attached hydrogen (secondary N) is 1. The molecule has 0 saturated heterocycles. The average molecular weight is 357 g/mol. The molecule has 0 radical (unpaired) electrons. The van der Waals surface area contributed by atoms with Crippen LogP contribution in [0.4, 0.5) is 8.78 Å². The zero-order valence-electron chi connectivity index (χ0n) is 13.2. The molecule has 6 nitrogen and oxygen atoms in total. The number of ether oxygens (including phenoxy) is 2. The number of carbonyl (C=O) groups is 1. The predicted molar refractivity (Wildman–Crippen MR) is 85.4 cm³/mol. The lowest BCUT2D eigenvalue weighted by atomic mass is 10.2. The van der Waals surface area contributed by atoms with E-state index in [4.69, 9.17) is 4.74 Å². The summed E-state index contributed by atoms with van der Waals surface area (Å²) in [6.07, 6.45) is 3.46. The highest BCUT2D eigenvalue weighted by atomic mass is 32.2. The molecule has 1 N–H and O–H groups in total. The van der Waals surface area contributed by atoms with Crippen LogP contribution in [0.2, 0.25) is 0 Å². The molecular formula is C15H17F2N3O3S. The van der Waals surface area contributed by atoms with Gasteiger partial charge >= 0.3 is 6.61 Å². The van der Waals surface area contributed by atoms with E-state index in [1.54, 1.807) is 24.5 Å². The van der Waals surface area contributed by atoms with Crippen LogP contribution in [0.3, 0.4) is 0 Å². The fourth-order valence-corrected chi connectivity index (χ4v) is 2.65. The molecule has 0 bridgehead atoms. The van der Waals surface area contributed by atoms with Crippen molar-refractivity contribution in [1.82, 2.24) is 14.9 Å². The molecule has 0 unspecified atom stereocenters. The summed E-state index contributed by atoms with van der Waals surface area (Å²) in [4.78, 5) is 16.0. The third kappa shape index (κ3) is 5.12. The predicted octanol–water partition coefficient (Wildman–Crippen LogP) is 2.44. The Balaban J connectivity index is 1.87. The summed E-state index contributed by atoms with van der Waals surface area (Å²) in [6.45, 7) is -2.67. The molecule has 0 atom stereocenters. The number of amides is 1. The second-order valence-corrected chi connectivity index (χ2v) is 5.69. The minimum Gasteiger partial charge on any atom is -0.493 e. The first kappa shape index (κ1) is 18.1. The van der Waals surface area contributed by atoms with Crippen molar-refractivity contribution in [1.29, 1.82) is 0 Å². The Labute approximate surface area is 142 Å². The summed E-state index contributed by atoms with van der Waals surface area (Å²) >= 11 is 1.33. The van der Waals surface area contributed by atoms with Crippen LogP contribution in [-0.4, -0.2) is 34.9 Å². The summed E-state index contributed by atoms with van der Waals surface area (Å²) in [5, 5.41) is 3.50. The number of aryl methyl sites for hydroxylation is 1. The van der Waals surface area contributed by atoms with Crippen molar-refractivity contribution in [2.45, 2.75) is 18.3 Å². The van der Waals surface area contributed by atoms with E-state index in [0.717, 1.165) is 5.16 Å². The first-order valence-electron chi connectivity index (χ1n) is 6.98. The molecule has 0 aliphatic carbocycles. The number of aromatic nitrogens is 2. The fourth-order valence-electron chi connectivity index (χ4n) is 1.89. The van der Waals surface area contributed by atoms with Gasteiger partial charge in [-0.25, -0.2) is 4.98 Å². The second-order valence-electron chi connectivity index (χ2n) is 4.75. The van der Waals surface area contributed by atoms with E-state index in [1.165, 1.54) is 24.9 Å². The van der Waals surface area contributed by atoms with E-state index in [0.29, 0.717) is 5.56 Å². The number of rotatable bonds is 8. The van der Waals surface area contributed by atoms with Crippen molar-refractivity contribution in [2.75, 3.05) is 12.9 Å². The molecule has 0 spiro atoms. The van der Waals surface area contributed by atoms with Crippen molar-refractivity contribution < 1.29 is 23.0 Å². The summed E-state index contributed by atoms with van der Waals surface area (Å²) in [5.74, 6) is 0.210. The molecule has 1 aromatic carbocycles. The van der Waals surface area contributed by atoms with Crippen molar-refractivity contribution in [2.24, 2.45) is 7.05 Å². The highest BCUT2D eigenvalue weighted by Gasteiger charge is 2.12. The van der Waals surface area contributed by atoms with Crippen LogP contribution in [-0.2, 0) is 18.4 Å². The van der Waals surface area contributed by atoms with Crippen LogP contribution >= 0.6 is 11.8 Å². The van der Waals surface area contributed by atoms with Gasteiger partial charge in [-0.1, -0.05) is 17.8 Å². The standard InChI is InChI=1S/C15H17F2N3O3S/c1-20-6-5-18-15(20)24-9-13(21)19-8-10-3-4-11(23-14(16)17)12(7-10)22-2/h3-7,14H,8-9H2,1-2H3,(H,19,21). The number of hydrogen-bond acceptors (Lipinski definition) is 5. The smallest absolute Gasteiger partial charge is 0.387 e. The molecule has 1 aromatic heterocycles. The Morgan fingerprint density at radius 2 is 2.21 bits per heavy atom. The SMILES string of the molecule is COc1cc(CNC(=O)CSc2nccn2C)ccc1OC(F)F. The lowest BCUT2D eigenvalue weighted by molar-refractivity contribution is -0.118. The normalized spacial score (nSPS) is 10.7.